The molecule has 1 aromatic carbocycles. The van der Waals surface area contributed by atoms with Gasteiger partial charge in [-0.3, -0.25) is 0 Å². The van der Waals surface area contributed by atoms with Crippen molar-refractivity contribution in [3.63, 3.8) is 0 Å². The number of nitrogens with one attached hydrogen (secondary N) is 3. The Kier molecular flexibility index (Phi) is 4.33. The smallest absolute Gasteiger partial charge is 0.336 e. The number of carboxylic acid groups (broad SMARTS) is 1. The SMILES string of the molecule is C1CNCCN1.O=C(O)c1cccc2[nH]ccc12. The third kappa shape index (κ3) is 3.09. The van der Waals surface area contributed by atoms with Crippen LogP contribution in [0, 0.1) is 0 Å². The van der Waals surface area contributed by atoms with Gasteiger partial charge in [0.15, 0.2) is 0 Å². The number of aromatic nitrogens is 1. The highest BCUT2D eigenvalue weighted by atomic mass is 16.4. The van der Waals surface area contributed by atoms with Gasteiger partial charge >= 0.3 is 5.97 Å². The molecule has 0 radical (unpaired) electrons. The number of aromatic amines is 1. The Bertz CT molecular complexity index is 506. The van der Waals surface area contributed by atoms with Gasteiger partial charge in [0, 0.05) is 43.3 Å². The van der Waals surface area contributed by atoms with Crippen molar-refractivity contribution in [2.75, 3.05) is 26.2 Å². The van der Waals surface area contributed by atoms with Gasteiger partial charge in [-0.15, -0.1) is 0 Å². The van der Waals surface area contributed by atoms with Gasteiger partial charge in [-0.25, -0.2) is 4.79 Å². The lowest BCUT2D eigenvalue weighted by Gasteiger charge is -2.11. The van der Waals surface area contributed by atoms with Crippen molar-refractivity contribution in [1.82, 2.24) is 15.6 Å². The topological polar surface area (TPSA) is 77.2 Å². The van der Waals surface area contributed by atoms with Gasteiger partial charge in [0.05, 0.1) is 5.56 Å². The lowest BCUT2D eigenvalue weighted by molar-refractivity contribution is 0.0699. The third-order valence-corrected chi connectivity index (χ3v) is 2.78. The van der Waals surface area contributed by atoms with Crippen molar-refractivity contribution < 1.29 is 9.90 Å². The number of fused-ring (bicyclic) bond motifs is 1. The summed E-state index contributed by atoms with van der Waals surface area (Å²) in [5, 5.41) is 16.0. The van der Waals surface area contributed by atoms with Gasteiger partial charge in [0.2, 0.25) is 0 Å². The number of aromatic carboxylic acids is 1. The number of benzene rings is 1. The van der Waals surface area contributed by atoms with Gasteiger partial charge in [0.1, 0.15) is 0 Å². The number of H-pyrrole nitrogens is 1. The Hall–Kier alpha value is -1.85. The van der Waals surface area contributed by atoms with E-state index in [9.17, 15) is 4.79 Å². The molecule has 2 heterocycles. The molecule has 4 N–H and O–H groups in total. The zero-order valence-electron chi connectivity index (χ0n) is 10.1. The maximum Gasteiger partial charge on any atom is 0.336 e. The fourth-order valence-corrected chi connectivity index (χ4v) is 1.88. The molecule has 0 spiro atoms. The zero-order chi connectivity index (χ0) is 12.8. The quantitative estimate of drug-likeness (QED) is 0.607. The highest BCUT2D eigenvalue weighted by Crippen LogP contribution is 2.16. The second-order valence-corrected chi connectivity index (χ2v) is 4.05. The number of hydrogen-bond donors (Lipinski definition) is 4. The summed E-state index contributed by atoms with van der Waals surface area (Å²) in [6, 6.07) is 6.93. The normalized spacial score (nSPS) is 14.9. The molecule has 0 bridgehead atoms. The summed E-state index contributed by atoms with van der Waals surface area (Å²) in [4.78, 5) is 13.7. The molecule has 0 saturated carbocycles. The molecule has 0 aliphatic carbocycles. The van der Waals surface area contributed by atoms with E-state index >= 15 is 0 Å². The first-order valence-corrected chi connectivity index (χ1v) is 6.00. The summed E-state index contributed by atoms with van der Waals surface area (Å²) in [5.41, 5.74) is 1.20. The van der Waals surface area contributed by atoms with Crippen molar-refractivity contribution >= 4 is 16.9 Å². The molecule has 1 aromatic heterocycles. The largest absolute Gasteiger partial charge is 0.478 e. The van der Waals surface area contributed by atoms with E-state index in [1.165, 1.54) is 0 Å². The molecule has 96 valence electrons. The van der Waals surface area contributed by atoms with E-state index in [1.807, 2.05) is 6.07 Å². The maximum atomic E-state index is 10.7. The monoisotopic (exact) mass is 247 g/mol. The van der Waals surface area contributed by atoms with Gasteiger partial charge in [-0.05, 0) is 18.2 Å². The van der Waals surface area contributed by atoms with Gasteiger partial charge in [-0.2, -0.15) is 0 Å². The molecule has 18 heavy (non-hydrogen) atoms. The second kappa shape index (κ2) is 6.18. The maximum absolute atomic E-state index is 10.7. The van der Waals surface area contributed by atoms with Crippen LogP contribution in [0.15, 0.2) is 30.5 Å². The van der Waals surface area contributed by atoms with E-state index in [2.05, 4.69) is 15.6 Å². The van der Waals surface area contributed by atoms with Crippen LogP contribution in [0.5, 0.6) is 0 Å². The van der Waals surface area contributed by atoms with Crippen LogP contribution in [0.4, 0.5) is 0 Å². The molecule has 5 nitrogen and oxygen atoms in total. The fourth-order valence-electron chi connectivity index (χ4n) is 1.88. The summed E-state index contributed by atoms with van der Waals surface area (Å²) in [5.74, 6) is -0.889. The lowest BCUT2D eigenvalue weighted by atomic mass is 10.1. The molecule has 0 amide bonds. The lowest BCUT2D eigenvalue weighted by Crippen LogP contribution is -2.39. The number of hydrogen-bond acceptors (Lipinski definition) is 3. The summed E-state index contributed by atoms with van der Waals surface area (Å²) < 4.78 is 0. The van der Waals surface area contributed by atoms with Crippen LogP contribution in [-0.4, -0.2) is 42.2 Å². The average molecular weight is 247 g/mol. The Labute approximate surface area is 105 Å². The van der Waals surface area contributed by atoms with Gasteiger partial charge in [0.25, 0.3) is 0 Å². The second-order valence-electron chi connectivity index (χ2n) is 4.05. The zero-order valence-corrected chi connectivity index (χ0v) is 10.1. The van der Waals surface area contributed by atoms with Crippen molar-refractivity contribution in [3.8, 4) is 0 Å². The number of rotatable bonds is 1. The highest BCUT2D eigenvalue weighted by molar-refractivity contribution is 6.02. The van der Waals surface area contributed by atoms with Crippen LogP contribution in [0.25, 0.3) is 10.9 Å². The number of carbonyl (C=O) groups is 1. The average Bonchev–Trinajstić information content (AvgIpc) is 2.89. The van der Waals surface area contributed by atoms with E-state index in [1.54, 1.807) is 24.4 Å². The molecule has 1 fully saturated rings. The minimum absolute atomic E-state index is 0.341. The molecule has 3 rings (SSSR count). The van der Waals surface area contributed by atoms with Gasteiger partial charge < -0.3 is 20.7 Å². The van der Waals surface area contributed by atoms with E-state index < -0.39 is 5.97 Å². The van der Waals surface area contributed by atoms with Crippen molar-refractivity contribution in [1.29, 1.82) is 0 Å². The first-order valence-electron chi connectivity index (χ1n) is 6.00. The molecule has 1 aliphatic heterocycles. The van der Waals surface area contributed by atoms with Gasteiger partial charge in [-0.1, -0.05) is 6.07 Å². The van der Waals surface area contributed by atoms with E-state index in [4.69, 9.17) is 5.11 Å². The Morgan fingerprint density at radius 1 is 1.06 bits per heavy atom. The van der Waals surface area contributed by atoms with Crippen molar-refractivity contribution in [2.24, 2.45) is 0 Å². The van der Waals surface area contributed by atoms with Crippen molar-refractivity contribution in [3.05, 3.63) is 36.0 Å². The first kappa shape index (κ1) is 12.6. The first-order chi connectivity index (χ1) is 8.79. The number of carboxylic acids is 1. The van der Waals surface area contributed by atoms with Crippen molar-refractivity contribution in [2.45, 2.75) is 0 Å². The summed E-state index contributed by atoms with van der Waals surface area (Å²) in [6.45, 7) is 4.56. The van der Waals surface area contributed by atoms with Crippen LogP contribution >= 0.6 is 0 Å². The van der Waals surface area contributed by atoms with Crippen LogP contribution in [0.2, 0.25) is 0 Å². The van der Waals surface area contributed by atoms with Crippen LogP contribution in [-0.2, 0) is 0 Å². The predicted molar refractivity (Wildman–Crippen MR) is 71.0 cm³/mol. The molecule has 0 unspecified atom stereocenters. The number of piperazine rings is 1. The summed E-state index contributed by atoms with van der Waals surface area (Å²) in [6.07, 6.45) is 1.73. The fraction of sp³-hybridized carbons (Fsp3) is 0.308. The van der Waals surface area contributed by atoms with Crippen LogP contribution in [0.3, 0.4) is 0 Å². The molecular formula is C13H17N3O2. The standard InChI is InChI=1S/C9H7NO2.C4H10N2/c11-9(12)7-2-1-3-8-6(7)4-5-10-8;1-2-6-4-3-5-1/h1-5,10H,(H,11,12);5-6H,1-4H2. The van der Waals surface area contributed by atoms with E-state index in [0.717, 1.165) is 37.1 Å². The molecule has 1 aliphatic rings. The third-order valence-electron chi connectivity index (χ3n) is 2.78. The molecule has 5 heteroatoms. The molecule has 0 atom stereocenters. The van der Waals surface area contributed by atoms with Crippen LogP contribution < -0.4 is 10.6 Å². The summed E-state index contributed by atoms with van der Waals surface area (Å²) >= 11 is 0. The molecular weight excluding hydrogens is 230 g/mol. The minimum Gasteiger partial charge on any atom is -0.478 e. The summed E-state index contributed by atoms with van der Waals surface area (Å²) in [7, 11) is 0. The molecule has 1 saturated heterocycles. The Morgan fingerprint density at radius 2 is 1.72 bits per heavy atom. The minimum atomic E-state index is -0.889. The Balaban J connectivity index is 0.000000169. The van der Waals surface area contributed by atoms with E-state index in [-0.39, 0.29) is 0 Å². The van der Waals surface area contributed by atoms with Crippen LogP contribution in [0.1, 0.15) is 10.4 Å². The Morgan fingerprint density at radius 3 is 2.28 bits per heavy atom. The predicted octanol–water partition coefficient (Wildman–Crippen LogP) is 1.05. The molecule has 2 aromatic rings. The van der Waals surface area contributed by atoms with E-state index in [0.29, 0.717) is 5.56 Å². The highest BCUT2D eigenvalue weighted by Gasteiger charge is 2.06.